The number of aliphatic carboxylic acids is 1. The molecule has 0 bridgehead atoms. The fourth-order valence-electron chi connectivity index (χ4n) is 2.96. The number of fused-ring (bicyclic) bond motifs is 1. The van der Waals surface area contributed by atoms with Crippen molar-refractivity contribution in [1.29, 1.82) is 0 Å². The molecule has 2 aromatic carbocycles. The Balaban J connectivity index is 1.50. The summed E-state index contributed by atoms with van der Waals surface area (Å²) in [6.07, 6.45) is -4.91. The molecule has 32 heavy (non-hydrogen) atoms. The topological polar surface area (TPSA) is 72.3 Å². The molecule has 4 rings (SSSR count). The molecule has 166 valence electrons. The molecule has 2 heterocycles. The number of carboxylic acids is 1. The summed E-state index contributed by atoms with van der Waals surface area (Å²) in [4.78, 5) is 20.2. The van der Waals surface area contributed by atoms with Crippen LogP contribution in [0, 0.1) is 12.7 Å². The van der Waals surface area contributed by atoms with E-state index in [0.717, 1.165) is 15.6 Å². The van der Waals surface area contributed by atoms with Crippen LogP contribution in [0.25, 0.3) is 20.8 Å². The third kappa shape index (κ3) is 4.73. The van der Waals surface area contributed by atoms with Gasteiger partial charge in [-0.1, -0.05) is 6.07 Å². The normalized spacial score (nSPS) is 11.8. The van der Waals surface area contributed by atoms with E-state index in [1.54, 1.807) is 25.1 Å². The molecule has 0 spiro atoms. The minimum Gasteiger partial charge on any atom is -0.488 e. The lowest BCUT2D eigenvalue weighted by Gasteiger charge is -2.08. The number of nitrogens with zero attached hydrogens (tertiary/aromatic N) is 2. The van der Waals surface area contributed by atoms with E-state index >= 15 is 0 Å². The van der Waals surface area contributed by atoms with Crippen LogP contribution in [0.4, 0.5) is 17.6 Å². The first-order valence-electron chi connectivity index (χ1n) is 9.17. The summed E-state index contributed by atoms with van der Waals surface area (Å²) in [6, 6.07) is 7.96. The number of rotatable bonds is 6. The molecular weight excluding hydrogens is 468 g/mol. The number of aromatic nitrogens is 2. The van der Waals surface area contributed by atoms with Crippen molar-refractivity contribution >= 4 is 38.9 Å². The molecular formula is C21H14F4N2O3S2. The van der Waals surface area contributed by atoms with Gasteiger partial charge in [-0.2, -0.15) is 13.2 Å². The van der Waals surface area contributed by atoms with Crippen molar-refractivity contribution in [3.63, 3.8) is 0 Å². The molecule has 0 aliphatic carbocycles. The summed E-state index contributed by atoms with van der Waals surface area (Å²) in [5.74, 6) is -1.75. The molecule has 11 heteroatoms. The standard InChI is InChI=1S/C21H14F4N2O3S2/c1-10-17(32-20(26-10)11-2-4-13(14(22)6-11)21(23,24)25)9-30-12-3-5-15-16(7-12)31-18(27-15)8-19(28)29/h2-7H,8-9H2,1H3,(H,28,29). The molecule has 1 N–H and O–H groups in total. The second-order valence-electron chi connectivity index (χ2n) is 6.82. The lowest BCUT2D eigenvalue weighted by molar-refractivity contribution is -0.140. The zero-order valence-electron chi connectivity index (χ0n) is 16.4. The monoisotopic (exact) mass is 482 g/mol. The van der Waals surface area contributed by atoms with Gasteiger partial charge in [-0.15, -0.1) is 22.7 Å². The van der Waals surface area contributed by atoms with Gasteiger partial charge in [0, 0.05) is 5.56 Å². The van der Waals surface area contributed by atoms with Gasteiger partial charge in [-0.3, -0.25) is 4.79 Å². The summed E-state index contributed by atoms with van der Waals surface area (Å²) in [7, 11) is 0. The molecule has 0 saturated carbocycles. The smallest absolute Gasteiger partial charge is 0.419 e. The van der Waals surface area contributed by atoms with E-state index in [4.69, 9.17) is 9.84 Å². The second kappa shape index (κ2) is 8.47. The fourth-order valence-corrected chi connectivity index (χ4v) is 4.92. The van der Waals surface area contributed by atoms with Crippen molar-refractivity contribution in [3.8, 4) is 16.3 Å². The van der Waals surface area contributed by atoms with Gasteiger partial charge in [0.2, 0.25) is 0 Å². The van der Waals surface area contributed by atoms with Gasteiger partial charge in [0.25, 0.3) is 0 Å². The largest absolute Gasteiger partial charge is 0.488 e. The average Bonchev–Trinajstić information content (AvgIpc) is 3.26. The van der Waals surface area contributed by atoms with E-state index in [9.17, 15) is 22.4 Å². The van der Waals surface area contributed by atoms with Gasteiger partial charge < -0.3 is 9.84 Å². The highest BCUT2D eigenvalue weighted by Gasteiger charge is 2.34. The summed E-state index contributed by atoms with van der Waals surface area (Å²) in [5.41, 5.74) is 0.252. The van der Waals surface area contributed by atoms with Crippen LogP contribution >= 0.6 is 22.7 Å². The lowest BCUT2D eigenvalue weighted by Crippen LogP contribution is -2.07. The quantitative estimate of drug-likeness (QED) is 0.337. The van der Waals surface area contributed by atoms with Crippen LogP contribution in [0.3, 0.4) is 0 Å². The molecule has 0 saturated heterocycles. The number of alkyl halides is 3. The molecule has 2 aromatic heterocycles. The van der Waals surface area contributed by atoms with Gasteiger partial charge in [-0.05, 0) is 37.3 Å². The van der Waals surface area contributed by atoms with Gasteiger partial charge in [0.15, 0.2) is 0 Å². The number of thiazole rings is 2. The van der Waals surface area contributed by atoms with Crippen molar-refractivity contribution in [3.05, 3.63) is 63.4 Å². The Hall–Kier alpha value is -3.05. The number of hydrogen-bond acceptors (Lipinski definition) is 6. The Kier molecular flexibility index (Phi) is 5.87. The van der Waals surface area contributed by atoms with E-state index in [1.165, 1.54) is 28.7 Å². The van der Waals surface area contributed by atoms with Crippen molar-refractivity contribution in [1.82, 2.24) is 9.97 Å². The molecule has 0 atom stereocenters. The lowest BCUT2D eigenvalue weighted by atomic mass is 10.1. The molecule has 0 aliphatic rings. The highest BCUT2D eigenvalue weighted by molar-refractivity contribution is 7.18. The van der Waals surface area contributed by atoms with Crippen molar-refractivity contribution < 1.29 is 32.2 Å². The number of carbonyl (C=O) groups is 1. The predicted octanol–water partition coefficient (Wildman–Crippen LogP) is 6.09. The van der Waals surface area contributed by atoms with E-state index in [-0.39, 0.29) is 18.6 Å². The average molecular weight is 482 g/mol. The van der Waals surface area contributed by atoms with E-state index < -0.39 is 23.5 Å². The molecule has 4 aromatic rings. The van der Waals surface area contributed by atoms with Crippen LogP contribution in [0.5, 0.6) is 5.75 Å². The molecule has 0 amide bonds. The maximum Gasteiger partial charge on any atom is 0.419 e. The van der Waals surface area contributed by atoms with Crippen LogP contribution in [0.15, 0.2) is 36.4 Å². The number of aryl methyl sites for hydroxylation is 1. The fraction of sp³-hybridized carbons (Fsp3) is 0.190. The van der Waals surface area contributed by atoms with Gasteiger partial charge >= 0.3 is 12.1 Å². The molecule has 5 nitrogen and oxygen atoms in total. The van der Waals surface area contributed by atoms with Crippen molar-refractivity contribution in [2.24, 2.45) is 0 Å². The van der Waals surface area contributed by atoms with Crippen LogP contribution < -0.4 is 4.74 Å². The van der Waals surface area contributed by atoms with Crippen molar-refractivity contribution in [2.75, 3.05) is 0 Å². The first kappa shape index (κ1) is 22.2. The zero-order valence-corrected chi connectivity index (χ0v) is 18.0. The summed E-state index contributed by atoms with van der Waals surface area (Å²) in [6.45, 7) is 1.91. The first-order valence-corrected chi connectivity index (χ1v) is 10.8. The second-order valence-corrected chi connectivity index (χ2v) is 9.02. The van der Waals surface area contributed by atoms with E-state index in [2.05, 4.69) is 9.97 Å². The minimum absolute atomic E-state index is 0.150. The Bertz CT molecular complexity index is 1310. The number of halogens is 4. The Morgan fingerprint density at radius 1 is 1.12 bits per heavy atom. The predicted molar refractivity (Wildman–Crippen MR) is 113 cm³/mol. The van der Waals surface area contributed by atoms with Gasteiger partial charge in [-0.25, -0.2) is 14.4 Å². The molecule has 0 unspecified atom stereocenters. The number of ether oxygens (including phenoxy) is 1. The van der Waals surface area contributed by atoms with Gasteiger partial charge in [0.1, 0.15) is 28.2 Å². The molecule has 0 aliphatic heterocycles. The third-order valence-electron chi connectivity index (χ3n) is 4.49. The van der Waals surface area contributed by atoms with Crippen LogP contribution in [-0.2, 0) is 24.0 Å². The Morgan fingerprint density at radius 3 is 2.59 bits per heavy atom. The molecule has 0 fully saturated rings. The highest BCUT2D eigenvalue weighted by atomic mass is 32.1. The van der Waals surface area contributed by atoms with Crippen LogP contribution in [0.2, 0.25) is 0 Å². The summed E-state index contributed by atoms with van der Waals surface area (Å²) >= 11 is 2.48. The number of hydrogen-bond donors (Lipinski definition) is 1. The highest BCUT2D eigenvalue weighted by Crippen LogP contribution is 2.35. The van der Waals surface area contributed by atoms with Crippen LogP contribution in [0.1, 0.15) is 21.1 Å². The first-order chi connectivity index (χ1) is 15.1. The zero-order chi connectivity index (χ0) is 23.0. The SMILES string of the molecule is Cc1nc(-c2ccc(C(F)(F)F)c(F)c2)sc1COc1ccc2nc(CC(=O)O)sc2c1. The van der Waals surface area contributed by atoms with Gasteiger partial charge in [0.05, 0.1) is 32.8 Å². The number of benzene rings is 2. The van der Waals surface area contributed by atoms with E-state index in [1.807, 2.05) is 0 Å². The minimum atomic E-state index is -4.76. The maximum absolute atomic E-state index is 13.9. The van der Waals surface area contributed by atoms with E-state index in [0.29, 0.717) is 33.0 Å². The van der Waals surface area contributed by atoms with Crippen LogP contribution in [-0.4, -0.2) is 21.0 Å². The summed E-state index contributed by atoms with van der Waals surface area (Å²) < 4.78 is 58.8. The summed E-state index contributed by atoms with van der Waals surface area (Å²) in [5, 5.41) is 9.79. The third-order valence-corrected chi connectivity index (χ3v) is 6.69. The molecule has 0 radical (unpaired) electrons. The number of carboxylic acid groups (broad SMARTS) is 1. The van der Waals surface area contributed by atoms with Crippen molar-refractivity contribution in [2.45, 2.75) is 26.1 Å². The Labute approximate surface area is 187 Å². The maximum atomic E-state index is 13.9. The Morgan fingerprint density at radius 2 is 1.91 bits per heavy atom.